The fourth-order valence-electron chi connectivity index (χ4n) is 2.70. The van der Waals surface area contributed by atoms with Gasteiger partial charge in [-0.05, 0) is 54.4 Å². The Balaban J connectivity index is 2.02. The Morgan fingerprint density at radius 2 is 1.24 bits per heavy atom. The van der Waals surface area contributed by atoms with Gasteiger partial charge in [0.05, 0.1) is 28.2 Å². The second-order valence-corrected chi connectivity index (χ2v) is 8.08. The van der Waals surface area contributed by atoms with E-state index in [1.807, 2.05) is 6.92 Å². The first-order chi connectivity index (χ1) is 13.9. The minimum absolute atomic E-state index is 0.165. The van der Waals surface area contributed by atoms with Crippen LogP contribution in [0.2, 0.25) is 0 Å². The summed E-state index contributed by atoms with van der Waals surface area (Å²) in [7, 11) is -3.74. The van der Waals surface area contributed by atoms with Crippen molar-refractivity contribution in [2.45, 2.75) is 11.8 Å². The second-order valence-electron chi connectivity index (χ2n) is 6.37. The van der Waals surface area contributed by atoms with Crippen molar-refractivity contribution in [2.75, 3.05) is 0 Å². The summed E-state index contributed by atoms with van der Waals surface area (Å²) in [4.78, 5) is 0.165. The number of aryl methyl sites for hydroxylation is 1. The van der Waals surface area contributed by atoms with E-state index in [9.17, 15) is 8.42 Å². The minimum Gasteiger partial charge on any atom is -0.286 e. The molecule has 1 N–H and O–H groups in total. The Hall–Kier alpha value is -3.87. The summed E-state index contributed by atoms with van der Waals surface area (Å²) < 4.78 is 27.9. The van der Waals surface area contributed by atoms with E-state index >= 15 is 0 Å². The molecule has 0 aliphatic rings. The van der Waals surface area contributed by atoms with Crippen molar-refractivity contribution in [1.29, 1.82) is 10.5 Å². The lowest BCUT2D eigenvalue weighted by atomic mass is 9.97. The average Bonchev–Trinajstić information content (AvgIpc) is 2.75. The smallest absolute Gasteiger partial charge is 0.261 e. The molecule has 3 aromatic carbocycles. The zero-order valence-electron chi connectivity index (χ0n) is 15.6. The number of nitrogens with zero attached hydrogens (tertiary/aromatic N) is 2. The summed E-state index contributed by atoms with van der Waals surface area (Å²) in [5, 5.41) is 18.0. The lowest BCUT2D eigenvalue weighted by Crippen LogP contribution is -2.18. The van der Waals surface area contributed by atoms with Gasteiger partial charge in [0, 0.05) is 11.8 Å². The maximum absolute atomic E-state index is 12.7. The summed E-state index contributed by atoms with van der Waals surface area (Å²) in [6.07, 6.45) is 1.43. The van der Waals surface area contributed by atoms with Crippen LogP contribution in [0.5, 0.6) is 0 Å². The first-order valence-electron chi connectivity index (χ1n) is 8.73. The molecule has 5 nitrogen and oxygen atoms in total. The molecular weight excluding hydrogens is 382 g/mol. The van der Waals surface area contributed by atoms with Gasteiger partial charge in [0.25, 0.3) is 10.0 Å². The van der Waals surface area contributed by atoms with E-state index in [2.05, 4.69) is 16.9 Å². The third-order valence-electron chi connectivity index (χ3n) is 4.34. The van der Waals surface area contributed by atoms with Crippen molar-refractivity contribution in [2.24, 2.45) is 0 Å². The van der Waals surface area contributed by atoms with E-state index in [1.165, 1.54) is 6.20 Å². The van der Waals surface area contributed by atoms with Crippen LogP contribution in [0.1, 0.15) is 27.8 Å². The largest absolute Gasteiger partial charge is 0.286 e. The molecule has 0 radical (unpaired) electrons. The van der Waals surface area contributed by atoms with Crippen molar-refractivity contribution < 1.29 is 8.42 Å². The number of rotatable bonds is 5. The van der Waals surface area contributed by atoms with E-state index in [1.54, 1.807) is 72.8 Å². The van der Waals surface area contributed by atoms with Gasteiger partial charge in [0.2, 0.25) is 0 Å². The van der Waals surface area contributed by atoms with Crippen molar-refractivity contribution in [3.63, 3.8) is 0 Å². The normalized spacial score (nSPS) is 10.4. The Morgan fingerprint density at radius 1 is 0.793 bits per heavy atom. The molecule has 0 saturated heterocycles. The Kier molecular flexibility index (Phi) is 5.78. The third kappa shape index (κ3) is 4.70. The predicted octanol–water partition coefficient (Wildman–Crippen LogP) is 4.11. The van der Waals surface area contributed by atoms with Gasteiger partial charge in [-0.25, -0.2) is 8.42 Å². The van der Waals surface area contributed by atoms with Crippen LogP contribution in [0, 0.1) is 29.6 Å². The molecule has 0 aromatic heterocycles. The molecule has 0 amide bonds. The highest BCUT2D eigenvalue weighted by atomic mass is 32.2. The molecule has 3 rings (SSSR count). The second kappa shape index (κ2) is 8.43. The number of benzene rings is 3. The monoisotopic (exact) mass is 399 g/mol. The first kappa shape index (κ1) is 19.9. The summed E-state index contributed by atoms with van der Waals surface area (Å²) in [5.41, 5.74) is 4.08. The predicted molar refractivity (Wildman–Crippen MR) is 111 cm³/mol. The van der Waals surface area contributed by atoms with Crippen LogP contribution in [0.15, 0.2) is 83.9 Å². The number of hydrogen-bond acceptors (Lipinski definition) is 4. The Labute approximate surface area is 170 Å². The zero-order valence-corrected chi connectivity index (χ0v) is 16.4. The fraction of sp³-hybridized carbons (Fsp3) is 0.0435. The maximum atomic E-state index is 12.7. The number of sulfonamides is 1. The van der Waals surface area contributed by atoms with Crippen molar-refractivity contribution >= 4 is 15.6 Å². The van der Waals surface area contributed by atoms with Crippen molar-refractivity contribution in [1.82, 2.24) is 4.72 Å². The number of hydrogen-bond donors (Lipinski definition) is 1. The van der Waals surface area contributed by atoms with Gasteiger partial charge in [-0.2, -0.15) is 10.5 Å². The highest BCUT2D eigenvalue weighted by Gasteiger charge is 2.13. The Bertz CT molecular complexity index is 1170. The van der Waals surface area contributed by atoms with Crippen LogP contribution in [0.4, 0.5) is 0 Å². The molecule has 0 bridgehead atoms. The summed E-state index contributed by atoms with van der Waals surface area (Å²) in [5.74, 6) is 0. The van der Waals surface area contributed by atoms with Crippen LogP contribution >= 0.6 is 0 Å². The van der Waals surface area contributed by atoms with Gasteiger partial charge >= 0.3 is 0 Å². The zero-order chi connectivity index (χ0) is 20.9. The highest BCUT2D eigenvalue weighted by molar-refractivity contribution is 7.89. The molecule has 6 heteroatoms. The maximum Gasteiger partial charge on any atom is 0.261 e. The van der Waals surface area contributed by atoms with E-state index < -0.39 is 10.0 Å². The van der Waals surface area contributed by atoms with Crippen LogP contribution in [-0.4, -0.2) is 8.42 Å². The van der Waals surface area contributed by atoms with Gasteiger partial charge in [-0.15, -0.1) is 0 Å². The molecule has 3 aromatic rings. The number of nitrogens with one attached hydrogen (secondary N) is 1. The highest BCUT2D eigenvalue weighted by Crippen LogP contribution is 2.24. The third-order valence-corrected chi connectivity index (χ3v) is 5.66. The lowest BCUT2D eigenvalue weighted by molar-refractivity contribution is 0.590. The number of nitriles is 2. The van der Waals surface area contributed by atoms with Gasteiger partial charge in [-0.1, -0.05) is 42.0 Å². The van der Waals surface area contributed by atoms with Gasteiger partial charge in [0.1, 0.15) is 0 Å². The minimum atomic E-state index is -3.74. The molecule has 0 saturated carbocycles. The van der Waals surface area contributed by atoms with Crippen molar-refractivity contribution in [3.8, 4) is 12.1 Å². The average molecular weight is 399 g/mol. The van der Waals surface area contributed by atoms with Crippen molar-refractivity contribution in [3.05, 3.63) is 107 Å². The molecule has 0 spiro atoms. The van der Waals surface area contributed by atoms with Crippen LogP contribution in [0.3, 0.4) is 0 Å². The molecule has 0 fully saturated rings. The molecule has 142 valence electrons. The van der Waals surface area contributed by atoms with Crippen LogP contribution in [0.25, 0.3) is 5.57 Å². The van der Waals surface area contributed by atoms with Gasteiger partial charge in [-0.3, -0.25) is 4.72 Å². The SMILES string of the molecule is Cc1ccc(S(=O)(=O)NC=C(c2ccc(C#N)cc2)c2ccc(C#N)cc2)cc1. The van der Waals surface area contributed by atoms with Crippen LogP contribution in [-0.2, 0) is 10.0 Å². The molecular formula is C23H17N3O2S. The molecule has 0 aliphatic carbocycles. The fourth-order valence-corrected chi connectivity index (χ4v) is 3.61. The van der Waals surface area contributed by atoms with E-state index in [0.717, 1.165) is 16.7 Å². The summed E-state index contributed by atoms with van der Waals surface area (Å²) >= 11 is 0. The molecule has 0 unspecified atom stereocenters. The molecule has 0 aliphatic heterocycles. The molecule has 0 heterocycles. The topological polar surface area (TPSA) is 93.8 Å². The van der Waals surface area contributed by atoms with E-state index in [0.29, 0.717) is 16.7 Å². The Morgan fingerprint density at radius 3 is 1.66 bits per heavy atom. The standard InChI is InChI=1S/C23H17N3O2S/c1-17-2-12-22(13-3-17)29(27,28)26-16-23(20-8-4-18(14-24)5-9-20)21-10-6-19(15-25)7-11-21/h2-13,16,26H,1H3. The lowest BCUT2D eigenvalue weighted by Gasteiger charge is -2.11. The van der Waals surface area contributed by atoms with E-state index in [-0.39, 0.29) is 4.90 Å². The molecule has 29 heavy (non-hydrogen) atoms. The summed E-state index contributed by atoms with van der Waals surface area (Å²) in [6, 6.07) is 24.4. The summed E-state index contributed by atoms with van der Waals surface area (Å²) in [6.45, 7) is 1.89. The van der Waals surface area contributed by atoms with Crippen LogP contribution < -0.4 is 4.72 Å². The molecule has 0 atom stereocenters. The van der Waals surface area contributed by atoms with Gasteiger partial charge < -0.3 is 0 Å². The van der Waals surface area contributed by atoms with Gasteiger partial charge in [0.15, 0.2) is 0 Å². The van der Waals surface area contributed by atoms with E-state index in [4.69, 9.17) is 10.5 Å². The first-order valence-corrected chi connectivity index (χ1v) is 10.2. The quantitative estimate of drug-likeness (QED) is 0.699.